The molecule has 2 saturated heterocycles. The number of carbonyl (C=O) groups excluding carboxylic acids is 1. The number of piperazine rings is 1. The molecule has 0 saturated carbocycles. The molecule has 1 aromatic rings. The fourth-order valence-electron chi connectivity index (χ4n) is 3.49. The molecule has 2 aliphatic heterocycles. The number of hydrogen-bond acceptors (Lipinski definition) is 4. The Kier molecular flexibility index (Phi) is 9.49. The minimum Gasteiger partial charge on any atom is -0.364 e. The summed E-state index contributed by atoms with van der Waals surface area (Å²) in [5.74, 6) is -0.000307. The quantitative estimate of drug-likeness (QED) is 0.776. The maximum atomic E-state index is 12.8. The lowest BCUT2D eigenvalue weighted by atomic mass is 10.1. The van der Waals surface area contributed by atoms with Crippen LogP contribution >= 0.6 is 24.8 Å². The number of nitrogens with zero attached hydrogens (tertiary/aromatic N) is 2. The summed E-state index contributed by atoms with van der Waals surface area (Å²) < 4.78 is 44.1. The van der Waals surface area contributed by atoms with Gasteiger partial charge in [0.25, 0.3) is 5.91 Å². The van der Waals surface area contributed by atoms with Crippen molar-refractivity contribution in [2.45, 2.75) is 37.8 Å². The molecule has 5 nitrogen and oxygen atoms in total. The number of amides is 1. The number of ether oxygens (including phenoxy) is 1. The smallest absolute Gasteiger partial charge is 0.364 e. The van der Waals surface area contributed by atoms with Crippen LogP contribution in [-0.2, 0) is 22.3 Å². The predicted octanol–water partition coefficient (Wildman–Crippen LogP) is 2.70. The maximum absolute atomic E-state index is 12.8. The van der Waals surface area contributed by atoms with Crippen LogP contribution in [0.15, 0.2) is 24.3 Å². The second-order valence-corrected chi connectivity index (χ2v) is 6.86. The molecular formula is C18H26Cl2F3N3O2. The van der Waals surface area contributed by atoms with Crippen molar-refractivity contribution in [3.63, 3.8) is 0 Å². The van der Waals surface area contributed by atoms with Crippen LogP contribution in [0.2, 0.25) is 0 Å². The first kappa shape index (κ1) is 25.0. The molecule has 1 aromatic carbocycles. The van der Waals surface area contributed by atoms with Crippen LogP contribution < -0.4 is 5.73 Å². The third kappa shape index (κ3) is 6.22. The van der Waals surface area contributed by atoms with Crippen molar-refractivity contribution in [1.82, 2.24) is 9.80 Å². The van der Waals surface area contributed by atoms with Crippen molar-refractivity contribution in [3.8, 4) is 0 Å². The van der Waals surface area contributed by atoms with E-state index in [1.807, 2.05) is 0 Å². The van der Waals surface area contributed by atoms with Gasteiger partial charge in [-0.15, -0.1) is 24.8 Å². The van der Waals surface area contributed by atoms with Crippen LogP contribution in [0.25, 0.3) is 0 Å². The van der Waals surface area contributed by atoms with Crippen molar-refractivity contribution in [2.24, 2.45) is 5.73 Å². The van der Waals surface area contributed by atoms with E-state index in [0.717, 1.165) is 12.5 Å². The van der Waals surface area contributed by atoms with Gasteiger partial charge in [-0.2, -0.15) is 13.2 Å². The summed E-state index contributed by atoms with van der Waals surface area (Å²) >= 11 is 0. The molecule has 2 heterocycles. The van der Waals surface area contributed by atoms with Crippen LogP contribution in [-0.4, -0.2) is 60.6 Å². The van der Waals surface area contributed by atoms with Gasteiger partial charge in [0, 0.05) is 39.3 Å². The molecule has 3 rings (SSSR count). The summed E-state index contributed by atoms with van der Waals surface area (Å²) in [5, 5.41) is 0. The summed E-state index contributed by atoms with van der Waals surface area (Å²) in [6.45, 7) is 3.26. The SMILES string of the molecule is Cl.Cl.NC[C@H]1CC[C@@H](C(=O)N2CCN(Cc3cccc(C(F)(F)F)c3)CC2)O1. The highest BCUT2D eigenvalue weighted by Crippen LogP contribution is 2.30. The summed E-state index contributed by atoms with van der Waals surface area (Å²) in [6, 6.07) is 5.41. The van der Waals surface area contributed by atoms with E-state index in [-0.39, 0.29) is 36.8 Å². The molecule has 28 heavy (non-hydrogen) atoms. The highest BCUT2D eigenvalue weighted by molar-refractivity contribution is 5.85. The molecule has 2 fully saturated rings. The van der Waals surface area contributed by atoms with E-state index in [1.165, 1.54) is 12.1 Å². The Morgan fingerprint density at radius 3 is 2.39 bits per heavy atom. The molecule has 0 radical (unpaired) electrons. The van der Waals surface area contributed by atoms with Gasteiger partial charge < -0.3 is 15.4 Å². The van der Waals surface area contributed by atoms with Crippen LogP contribution in [0.3, 0.4) is 0 Å². The fraction of sp³-hybridized carbons (Fsp3) is 0.611. The Morgan fingerprint density at radius 2 is 1.82 bits per heavy atom. The van der Waals surface area contributed by atoms with Gasteiger partial charge in [0.1, 0.15) is 6.10 Å². The van der Waals surface area contributed by atoms with Crippen LogP contribution in [0.4, 0.5) is 13.2 Å². The third-order valence-electron chi connectivity index (χ3n) is 4.99. The van der Waals surface area contributed by atoms with E-state index >= 15 is 0 Å². The zero-order valence-electron chi connectivity index (χ0n) is 15.4. The molecule has 1 amide bonds. The fourth-order valence-corrected chi connectivity index (χ4v) is 3.49. The molecule has 0 aromatic heterocycles. The van der Waals surface area contributed by atoms with Crippen molar-refractivity contribution < 1.29 is 22.7 Å². The lowest BCUT2D eigenvalue weighted by Crippen LogP contribution is -2.51. The zero-order valence-corrected chi connectivity index (χ0v) is 17.0. The van der Waals surface area contributed by atoms with Gasteiger partial charge in [0.2, 0.25) is 0 Å². The maximum Gasteiger partial charge on any atom is 0.416 e. The summed E-state index contributed by atoms with van der Waals surface area (Å²) in [7, 11) is 0. The van der Waals surface area contributed by atoms with Crippen LogP contribution in [0.1, 0.15) is 24.0 Å². The van der Waals surface area contributed by atoms with E-state index in [2.05, 4.69) is 4.90 Å². The molecule has 0 unspecified atom stereocenters. The highest BCUT2D eigenvalue weighted by atomic mass is 35.5. The predicted molar refractivity (Wildman–Crippen MR) is 105 cm³/mol. The van der Waals surface area contributed by atoms with E-state index in [0.29, 0.717) is 51.3 Å². The minimum absolute atomic E-state index is 0. The first-order chi connectivity index (χ1) is 12.4. The molecule has 10 heteroatoms. The normalized spacial score (nSPS) is 23.1. The van der Waals surface area contributed by atoms with E-state index in [4.69, 9.17) is 10.5 Å². The molecule has 2 N–H and O–H groups in total. The Morgan fingerprint density at radius 1 is 1.14 bits per heavy atom. The standard InChI is InChI=1S/C18H24F3N3O2.2ClH/c19-18(20,21)14-3-1-2-13(10-14)12-23-6-8-24(9-7-23)17(25)16-5-4-15(11-22)26-16;;/h1-3,10,15-16H,4-9,11-12,22H2;2*1H/t15-,16+;;/m1../s1. The molecule has 2 aliphatic rings. The van der Waals surface area contributed by atoms with Crippen LogP contribution in [0.5, 0.6) is 0 Å². The van der Waals surface area contributed by atoms with Gasteiger partial charge in [-0.25, -0.2) is 0 Å². The number of benzene rings is 1. The number of carbonyl (C=O) groups is 1. The number of nitrogens with two attached hydrogens (primary N) is 1. The topological polar surface area (TPSA) is 58.8 Å². The Balaban J connectivity index is 0.00000196. The van der Waals surface area contributed by atoms with Crippen molar-refractivity contribution in [3.05, 3.63) is 35.4 Å². The lowest BCUT2D eigenvalue weighted by molar-refractivity contribution is -0.144. The number of rotatable bonds is 4. The van der Waals surface area contributed by atoms with Crippen molar-refractivity contribution >= 4 is 30.7 Å². The number of alkyl halides is 3. The first-order valence-electron chi connectivity index (χ1n) is 8.89. The molecule has 0 aliphatic carbocycles. The number of hydrogen-bond donors (Lipinski definition) is 1. The van der Waals surface area contributed by atoms with Gasteiger partial charge in [-0.3, -0.25) is 9.69 Å². The third-order valence-corrected chi connectivity index (χ3v) is 4.99. The summed E-state index contributed by atoms with van der Waals surface area (Å²) in [4.78, 5) is 16.3. The van der Waals surface area contributed by atoms with E-state index < -0.39 is 17.8 Å². The molecule has 0 bridgehead atoms. The van der Waals surface area contributed by atoms with Crippen LogP contribution in [0, 0.1) is 0 Å². The monoisotopic (exact) mass is 443 g/mol. The van der Waals surface area contributed by atoms with Crippen molar-refractivity contribution in [2.75, 3.05) is 32.7 Å². The minimum atomic E-state index is -4.33. The largest absolute Gasteiger partial charge is 0.416 e. The Labute approximate surface area is 175 Å². The van der Waals surface area contributed by atoms with Gasteiger partial charge in [0.15, 0.2) is 0 Å². The highest BCUT2D eigenvalue weighted by Gasteiger charge is 2.34. The van der Waals surface area contributed by atoms with Crippen molar-refractivity contribution in [1.29, 1.82) is 0 Å². The second-order valence-electron chi connectivity index (χ2n) is 6.86. The van der Waals surface area contributed by atoms with Gasteiger partial charge >= 0.3 is 6.18 Å². The molecule has 0 spiro atoms. The lowest BCUT2D eigenvalue weighted by Gasteiger charge is -2.36. The molecule has 160 valence electrons. The van der Waals surface area contributed by atoms with E-state index in [9.17, 15) is 18.0 Å². The van der Waals surface area contributed by atoms with Gasteiger partial charge in [-0.05, 0) is 24.5 Å². The zero-order chi connectivity index (χ0) is 18.7. The first-order valence-corrected chi connectivity index (χ1v) is 8.89. The Hall–Kier alpha value is -1.06. The second kappa shape index (κ2) is 10.6. The van der Waals surface area contributed by atoms with Gasteiger partial charge in [-0.1, -0.05) is 18.2 Å². The van der Waals surface area contributed by atoms with E-state index in [1.54, 1.807) is 11.0 Å². The van der Waals surface area contributed by atoms with Gasteiger partial charge in [0.05, 0.1) is 11.7 Å². The molecule has 2 atom stereocenters. The number of halogens is 5. The average Bonchev–Trinajstić information content (AvgIpc) is 3.10. The average molecular weight is 444 g/mol. The summed E-state index contributed by atoms with van der Waals surface area (Å²) in [6.07, 6.45) is -3.26. The Bertz CT molecular complexity index is 641. The molecular weight excluding hydrogens is 418 g/mol. The summed E-state index contributed by atoms with van der Waals surface area (Å²) in [5.41, 5.74) is 5.58.